The summed E-state index contributed by atoms with van der Waals surface area (Å²) in [5, 5.41) is 3.26. The normalized spacial score (nSPS) is 11.3. The number of amides is 1. The molecule has 0 aromatic heterocycles. The van der Waals surface area contributed by atoms with Crippen LogP contribution in [0.1, 0.15) is 33.3 Å². The smallest absolute Gasteiger partial charge is 0.221 e. The second-order valence-electron chi connectivity index (χ2n) is 4.63. The molecule has 82 valence electrons. The summed E-state index contributed by atoms with van der Waals surface area (Å²) >= 11 is 6.06. The van der Waals surface area contributed by atoms with Crippen LogP contribution in [0.3, 0.4) is 0 Å². The van der Waals surface area contributed by atoms with Crippen LogP contribution in [0.2, 0.25) is 5.02 Å². The number of nitrogens with one attached hydrogen (secondary N) is 1. The van der Waals surface area contributed by atoms with Gasteiger partial charge in [0, 0.05) is 6.92 Å². The van der Waals surface area contributed by atoms with Gasteiger partial charge in [-0.3, -0.25) is 4.79 Å². The molecule has 3 heteroatoms. The van der Waals surface area contributed by atoms with E-state index >= 15 is 0 Å². The van der Waals surface area contributed by atoms with E-state index in [2.05, 4.69) is 26.1 Å². The summed E-state index contributed by atoms with van der Waals surface area (Å²) < 4.78 is 0. The van der Waals surface area contributed by atoms with Crippen LogP contribution in [0.4, 0.5) is 5.69 Å². The fraction of sp³-hybridized carbons (Fsp3) is 0.417. The second kappa shape index (κ2) is 4.23. The minimum absolute atomic E-state index is 0.0679. The number of hydrogen-bond donors (Lipinski definition) is 1. The highest BCUT2D eigenvalue weighted by Crippen LogP contribution is 2.29. The average Bonchev–Trinajstić information content (AvgIpc) is 2.05. The number of carbonyl (C=O) groups is 1. The summed E-state index contributed by atoms with van der Waals surface area (Å²) in [7, 11) is 0. The van der Waals surface area contributed by atoms with Crippen molar-refractivity contribution in [1.29, 1.82) is 0 Å². The van der Waals surface area contributed by atoms with Gasteiger partial charge < -0.3 is 5.32 Å². The standard InChI is InChI=1S/C12H16ClNO/c1-8(15)14-11-6-5-9(7-10(11)13)12(2,3)4/h5-7H,1-4H3,(H,14,15). The third-order valence-corrected chi connectivity index (χ3v) is 2.46. The zero-order valence-corrected chi connectivity index (χ0v) is 10.3. The minimum atomic E-state index is -0.111. The van der Waals surface area contributed by atoms with Crippen molar-refractivity contribution in [3.8, 4) is 0 Å². The molecular formula is C12H16ClNO. The van der Waals surface area contributed by atoms with Crippen LogP contribution in [0.5, 0.6) is 0 Å². The van der Waals surface area contributed by atoms with Gasteiger partial charge >= 0.3 is 0 Å². The molecule has 2 nitrogen and oxygen atoms in total. The van der Waals surface area contributed by atoms with Crippen molar-refractivity contribution in [1.82, 2.24) is 0 Å². The van der Waals surface area contributed by atoms with Gasteiger partial charge in [0.2, 0.25) is 5.91 Å². The van der Waals surface area contributed by atoms with Crippen molar-refractivity contribution in [2.24, 2.45) is 0 Å². The predicted molar refractivity (Wildman–Crippen MR) is 64.5 cm³/mol. The number of carbonyl (C=O) groups excluding carboxylic acids is 1. The van der Waals surface area contributed by atoms with E-state index in [1.807, 2.05) is 18.2 Å². The third kappa shape index (κ3) is 3.24. The van der Waals surface area contributed by atoms with Gasteiger partial charge in [-0.1, -0.05) is 38.4 Å². The Kier molecular flexibility index (Phi) is 3.40. The fourth-order valence-corrected chi connectivity index (χ4v) is 1.50. The zero-order chi connectivity index (χ0) is 11.6. The molecule has 15 heavy (non-hydrogen) atoms. The quantitative estimate of drug-likeness (QED) is 0.778. The van der Waals surface area contributed by atoms with Crippen molar-refractivity contribution in [2.45, 2.75) is 33.1 Å². The molecule has 1 aromatic carbocycles. The Balaban J connectivity index is 3.03. The monoisotopic (exact) mass is 225 g/mol. The molecule has 0 heterocycles. The first-order valence-electron chi connectivity index (χ1n) is 4.88. The maximum atomic E-state index is 10.9. The first-order valence-corrected chi connectivity index (χ1v) is 5.26. The number of rotatable bonds is 1. The lowest BCUT2D eigenvalue weighted by Crippen LogP contribution is -2.12. The van der Waals surface area contributed by atoms with Crippen LogP contribution < -0.4 is 5.32 Å². The topological polar surface area (TPSA) is 29.1 Å². The van der Waals surface area contributed by atoms with E-state index < -0.39 is 0 Å². The lowest BCUT2D eigenvalue weighted by Gasteiger charge is -2.20. The van der Waals surface area contributed by atoms with Crippen LogP contribution in [-0.4, -0.2) is 5.91 Å². The first kappa shape index (κ1) is 12.1. The molecule has 0 fully saturated rings. The lowest BCUT2D eigenvalue weighted by molar-refractivity contribution is -0.114. The summed E-state index contributed by atoms with van der Waals surface area (Å²) in [5.74, 6) is -0.111. The van der Waals surface area contributed by atoms with Crippen LogP contribution in [0.15, 0.2) is 18.2 Å². The van der Waals surface area contributed by atoms with Crippen LogP contribution in [0, 0.1) is 0 Å². The van der Waals surface area contributed by atoms with Gasteiger partial charge in [-0.25, -0.2) is 0 Å². The maximum Gasteiger partial charge on any atom is 0.221 e. The highest BCUT2D eigenvalue weighted by atomic mass is 35.5. The van der Waals surface area contributed by atoms with Gasteiger partial charge in [0.25, 0.3) is 0 Å². The van der Waals surface area contributed by atoms with Crippen LogP contribution in [-0.2, 0) is 10.2 Å². The molecule has 0 bridgehead atoms. The van der Waals surface area contributed by atoms with E-state index in [0.717, 1.165) is 5.56 Å². The van der Waals surface area contributed by atoms with Gasteiger partial charge in [0.05, 0.1) is 10.7 Å². The van der Waals surface area contributed by atoms with E-state index in [1.165, 1.54) is 6.92 Å². The average molecular weight is 226 g/mol. The molecule has 1 N–H and O–H groups in total. The van der Waals surface area contributed by atoms with Crippen molar-refractivity contribution in [2.75, 3.05) is 5.32 Å². The number of hydrogen-bond acceptors (Lipinski definition) is 1. The summed E-state index contributed by atoms with van der Waals surface area (Å²) in [5.41, 5.74) is 1.89. The molecule has 0 spiro atoms. The third-order valence-electron chi connectivity index (χ3n) is 2.15. The molecule has 0 unspecified atom stereocenters. The molecule has 0 radical (unpaired) electrons. The Labute approximate surface area is 95.6 Å². The van der Waals surface area contributed by atoms with Crippen LogP contribution >= 0.6 is 11.6 Å². The molecule has 0 atom stereocenters. The van der Waals surface area contributed by atoms with Gasteiger partial charge in [-0.2, -0.15) is 0 Å². The summed E-state index contributed by atoms with van der Waals surface area (Å²) in [6, 6.07) is 5.72. The molecule has 1 aromatic rings. The molecule has 0 saturated carbocycles. The second-order valence-corrected chi connectivity index (χ2v) is 5.03. The molecule has 0 aliphatic carbocycles. The van der Waals surface area contributed by atoms with Gasteiger partial charge in [0.1, 0.15) is 0 Å². The van der Waals surface area contributed by atoms with Crippen molar-refractivity contribution in [3.63, 3.8) is 0 Å². The van der Waals surface area contributed by atoms with Crippen LogP contribution in [0.25, 0.3) is 0 Å². The summed E-state index contributed by atoms with van der Waals surface area (Å²) in [6.07, 6.45) is 0. The Bertz CT molecular complexity index is 380. The molecule has 1 rings (SSSR count). The maximum absolute atomic E-state index is 10.9. The van der Waals surface area contributed by atoms with E-state index in [-0.39, 0.29) is 11.3 Å². The Hall–Kier alpha value is -1.02. The first-order chi connectivity index (χ1) is 6.80. The lowest BCUT2D eigenvalue weighted by atomic mass is 9.87. The Morgan fingerprint density at radius 1 is 1.33 bits per heavy atom. The fourth-order valence-electron chi connectivity index (χ4n) is 1.27. The van der Waals surface area contributed by atoms with Gasteiger partial charge in [-0.05, 0) is 23.1 Å². The Morgan fingerprint density at radius 2 is 1.93 bits per heavy atom. The van der Waals surface area contributed by atoms with Gasteiger partial charge in [-0.15, -0.1) is 0 Å². The van der Waals surface area contributed by atoms with Crippen molar-refractivity contribution < 1.29 is 4.79 Å². The molecule has 1 amide bonds. The minimum Gasteiger partial charge on any atom is -0.325 e. The Morgan fingerprint density at radius 3 is 2.33 bits per heavy atom. The van der Waals surface area contributed by atoms with Crippen molar-refractivity contribution >= 4 is 23.2 Å². The molecule has 0 saturated heterocycles. The highest BCUT2D eigenvalue weighted by molar-refractivity contribution is 6.33. The highest BCUT2D eigenvalue weighted by Gasteiger charge is 2.15. The number of halogens is 1. The summed E-state index contributed by atoms with van der Waals surface area (Å²) in [6.45, 7) is 7.83. The zero-order valence-electron chi connectivity index (χ0n) is 9.52. The number of anilines is 1. The van der Waals surface area contributed by atoms with E-state index in [0.29, 0.717) is 10.7 Å². The number of benzene rings is 1. The van der Waals surface area contributed by atoms with E-state index in [4.69, 9.17) is 11.6 Å². The predicted octanol–water partition coefficient (Wildman–Crippen LogP) is 3.60. The SMILES string of the molecule is CC(=O)Nc1ccc(C(C)(C)C)cc1Cl. The van der Waals surface area contributed by atoms with Gasteiger partial charge in [0.15, 0.2) is 0 Å². The molecular weight excluding hydrogens is 210 g/mol. The largest absolute Gasteiger partial charge is 0.325 e. The summed E-state index contributed by atoms with van der Waals surface area (Å²) in [4.78, 5) is 10.9. The van der Waals surface area contributed by atoms with E-state index in [9.17, 15) is 4.79 Å². The van der Waals surface area contributed by atoms with Crippen molar-refractivity contribution in [3.05, 3.63) is 28.8 Å². The van der Waals surface area contributed by atoms with E-state index in [1.54, 1.807) is 0 Å². The molecule has 0 aliphatic rings. The molecule has 0 aliphatic heterocycles.